The number of halogens is 2. The molecule has 0 N–H and O–H groups in total. The first-order valence-corrected chi connectivity index (χ1v) is 6.34. The quantitative estimate of drug-likeness (QED) is 0.271. The van der Waals surface area contributed by atoms with E-state index in [1.54, 1.807) is 45.2 Å². The van der Waals surface area contributed by atoms with E-state index in [9.17, 15) is 4.79 Å². The summed E-state index contributed by atoms with van der Waals surface area (Å²) in [4.78, 5) is 9.42. The van der Waals surface area contributed by atoms with Gasteiger partial charge in [-0.05, 0) is 0 Å². The molecule has 10 heavy (non-hydrogen) atoms. The molecule has 0 aromatic heterocycles. The Bertz CT molecular complexity index is 70.1. The van der Waals surface area contributed by atoms with Gasteiger partial charge in [0.05, 0.1) is 0 Å². The second-order valence-corrected chi connectivity index (χ2v) is 6.44. The normalized spacial score (nSPS) is 8.10. The van der Waals surface area contributed by atoms with Gasteiger partial charge in [0, 0.05) is 45.2 Å². The molecule has 64 valence electrons. The van der Waals surface area contributed by atoms with Crippen LogP contribution in [-0.2, 0) is 18.3 Å². The van der Waals surface area contributed by atoms with Gasteiger partial charge in [-0.25, -0.2) is 0 Å². The van der Waals surface area contributed by atoms with Gasteiger partial charge >= 0.3 is 49.5 Å². The summed E-state index contributed by atoms with van der Waals surface area (Å²) in [5, 5.41) is 1.25. The van der Waals surface area contributed by atoms with Crippen molar-refractivity contribution in [3.05, 3.63) is 0 Å². The molecule has 4 heteroatoms. The Morgan fingerprint density at radius 2 is 1.80 bits per heavy atom. The SMILES string of the molecule is CCCC[CH2][Rh].O=C(I)I. The summed E-state index contributed by atoms with van der Waals surface area (Å²) in [5.74, 6) is 0. The molecule has 0 bridgehead atoms. The molecule has 0 saturated heterocycles. The van der Waals surface area contributed by atoms with Gasteiger partial charge in [-0.2, -0.15) is 0 Å². The van der Waals surface area contributed by atoms with Crippen molar-refractivity contribution < 1.29 is 23.1 Å². The van der Waals surface area contributed by atoms with Gasteiger partial charge in [0.2, 0.25) is 0 Å². The molecule has 0 aliphatic rings. The number of hydrogen-bond donors (Lipinski definition) is 0. The summed E-state index contributed by atoms with van der Waals surface area (Å²) in [6.07, 6.45) is 4.09. The van der Waals surface area contributed by atoms with Crippen molar-refractivity contribution in [2.75, 3.05) is 0 Å². The van der Waals surface area contributed by atoms with Crippen LogP contribution in [-0.4, -0.2) is 1.80 Å². The Hall–Kier alpha value is 1.75. The van der Waals surface area contributed by atoms with Crippen molar-refractivity contribution in [1.29, 1.82) is 0 Å². The van der Waals surface area contributed by atoms with E-state index in [0.29, 0.717) is 0 Å². The second-order valence-electron chi connectivity index (χ2n) is 1.60. The first-order valence-electron chi connectivity index (χ1n) is 3.02. The summed E-state index contributed by atoms with van der Waals surface area (Å²) < 4.78 is 0.107. The van der Waals surface area contributed by atoms with Crippen LogP contribution in [0.15, 0.2) is 0 Å². The van der Waals surface area contributed by atoms with E-state index < -0.39 is 0 Å². The van der Waals surface area contributed by atoms with E-state index in [1.165, 1.54) is 24.3 Å². The Morgan fingerprint density at radius 3 is 1.90 bits per heavy atom. The molecule has 0 amide bonds. The maximum Gasteiger partial charge on any atom is 0.251 e. The van der Waals surface area contributed by atoms with Gasteiger partial charge in [0.15, 0.2) is 0 Å². The molecule has 0 aromatic carbocycles. The average molecular weight is 456 g/mol. The van der Waals surface area contributed by atoms with Crippen LogP contribution in [0, 0.1) is 0 Å². The van der Waals surface area contributed by atoms with Crippen LogP contribution in [0.2, 0.25) is 5.02 Å². The monoisotopic (exact) mass is 456 g/mol. The molecular weight excluding hydrogens is 445 g/mol. The standard InChI is InChI=1S/C5H11.CI2O.Rh/c1-3-5-4-2;2-1(3)4;/h1,3-5H2,2H3;;. The van der Waals surface area contributed by atoms with E-state index in [0.717, 1.165) is 0 Å². The number of carbonyl (C=O) groups excluding carboxylic acids is 1. The fourth-order valence-electron chi connectivity index (χ4n) is 0.333. The van der Waals surface area contributed by atoms with Crippen molar-refractivity contribution in [3.8, 4) is 0 Å². The van der Waals surface area contributed by atoms with Crippen molar-refractivity contribution in [1.82, 2.24) is 0 Å². The predicted octanol–water partition coefficient (Wildman–Crippen LogP) is 4.12. The summed E-state index contributed by atoms with van der Waals surface area (Å²) in [6.45, 7) is 2.22. The molecular formula is C6H11I2ORh. The van der Waals surface area contributed by atoms with Crippen LogP contribution < -0.4 is 0 Å². The number of rotatable bonds is 3. The summed E-state index contributed by atoms with van der Waals surface area (Å²) >= 11 is 6.27. The van der Waals surface area contributed by atoms with Crippen LogP contribution in [0.1, 0.15) is 26.2 Å². The topological polar surface area (TPSA) is 17.1 Å². The van der Waals surface area contributed by atoms with Gasteiger partial charge in [-0.1, -0.05) is 0 Å². The zero-order valence-electron chi connectivity index (χ0n) is 5.83. The Morgan fingerprint density at radius 1 is 1.40 bits per heavy atom. The molecule has 0 radical (unpaired) electrons. The fourth-order valence-corrected chi connectivity index (χ4v) is 0.743. The zero-order chi connectivity index (χ0) is 8.41. The second kappa shape index (κ2) is 13.4. The summed E-state index contributed by atoms with van der Waals surface area (Å²) in [5.41, 5.74) is 0. The van der Waals surface area contributed by atoms with E-state index >= 15 is 0 Å². The Kier molecular flexibility index (Phi) is 19.1. The minimum absolute atomic E-state index is 0.107. The van der Waals surface area contributed by atoms with Crippen LogP contribution in [0.5, 0.6) is 0 Å². The van der Waals surface area contributed by atoms with Crippen molar-refractivity contribution in [2.24, 2.45) is 0 Å². The number of hydrogen-bond acceptors (Lipinski definition) is 1. The smallest absolute Gasteiger partial charge is 0.251 e. The maximum atomic E-state index is 9.42. The number of carbonyl (C=O) groups is 1. The van der Waals surface area contributed by atoms with Gasteiger partial charge in [-0.3, -0.25) is 4.79 Å². The van der Waals surface area contributed by atoms with Gasteiger partial charge < -0.3 is 0 Å². The van der Waals surface area contributed by atoms with Crippen LogP contribution in [0.3, 0.4) is 0 Å². The molecule has 0 aliphatic carbocycles. The van der Waals surface area contributed by atoms with Crippen molar-refractivity contribution in [3.63, 3.8) is 0 Å². The van der Waals surface area contributed by atoms with Gasteiger partial charge in [0.1, 0.15) is 0 Å². The molecule has 1 nitrogen and oxygen atoms in total. The van der Waals surface area contributed by atoms with Crippen molar-refractivity contribution in [2.45, 2.75) is 31.2 Å². The van der Waals surface area contributed by atoms with E-state index in [4.69, 9.17) is 0 Å². The van der Waals surface area contributed by atoms with E-state index in [-0.39, 0.29) is 1.80 Å². The first kappa shape index (κ1) is 14.3. The molecule has 0 heterocycles. The number of unbranched alkanes of at least 4 members (excludes halogenated alkanes) is 2. The average Bonchev–Trinajstić information content (AvgIpc) is 1.82. The minimum Gasteiger partial charge on any atom is -0.276 e. The van der Waals surface area contributed by atoms with Crippen LogP contribution >= 0.6 is 45.2 Å². The largest absolute Gasteiger partial charge is 0.276 e. The molecule has 0 aromatic rings. The summed E-state index contributed by atoms with van der Waals surface area (Å²) in [6, 6.07) is 0. The van der Waals surface area contributed by atoms with E-state index in [2.05, 4.69) is 25.2 Å². The van der Waals surface area contributed by atoms with Gasteiger partial charge in [0.25, 0.3) is 1.80 Å². The first-order chi connectivity index (χ1) is 4.65. The van der Waals surface area contributed by atoms with Crippen LogP contribution in [0.25, 0.3) is 0 Å². The summed E-state index contributed by atoms with van der Waals surface area (Å²) in [7, 11) is 0. The minimum atomic E-state index is 0.107. The van der Waals surface area contributed by atoms with Crippen molar-refractivity contribution >= 4 is 47.0 Å². The molecule has 0 rings (SSSR count). The predicted molar refractivity (Wildman–Crippen MR) is 57.8 cm³/mol. The van der Waals surface area contributed by atoms with Crippen LogP contribution in [0.4, 0.5) is 4.79 Å². The fraction of sp³-hybridized carbons (Fsp3) is 0.833. The zero-order valence-corrected chi connectivity index (χ0v) is 11.8. The molecule has 0 unspecified atom stereocenters. The third kappa shape index (κ3) is 33.1. The molecule has 0 spiro atoms. The molecule has 0 saturated carbocycles. The molecule has 0 fully saturated rings. The molecule has 0 aliphatic heterocycles. The van der Waals surface area contributed by atoms with Gasteiger partial charge in [-0.15, -0.1) is 0 Å². The third-order valence-corrected chi connectivity index (χ3v) is 1.30. The third-order valence-electron chi connectivity index (χ3n) is 0.721. The Labute approximate surface area is 100 Å². The molecule has 0 atom stereocenters. The Balaban J connectivity index is 0. The maximum absolute atomic E-state index is 9.42. The van der Waals surface area contributed by atoms with E-state index in [1.807, 2.05) is 0 Å².